The molecule has 1 aliphatic rings. The van der Waals surface area contributed by atoms with Crippen LogP contribution in [0.5, 0.6) is 0 Å². The molecule has 0 spiro atoms. The molecule has 0 saturated carbocycles. The quantitative estimate of drug-likeness (QED) is 0.700. The van der Waals surface area contributed by atoms with E-state index in [-0.39, 0.29) is 0 Å². The van der Waals surface area contributed by atoms with Crippen molar-refractivity contribution in [3.05, 3.63) is 0 Å². The van der Waals surface area contributed by atoms with Crippen LogP contribution in [0.4, 0.5) is 0 Å². The standard InChI is InChI=1S/C15H32N2/c1-4-7-11-17-12-9-15(8-5-2,10-13-17)14-16-6-3/h16H,4-14H2,1-3H3. The summed E-state index contributed by atoms with van der Waals surface area (Å²) < 4.78 is 0. The fourth-order valence-electron chi connectivity index (χ4n) is 3.07. The van der Waals surface area contributed by atoms with E-state index in [2.05, 4.69) is 31.0 Å². The first-order valence-corrected chi connectivity index (χ1v) is 7.69. The lowest BCUT2D eigenvalue weighted by atomic mass is 9.74. The van der Waals surface area contributed by atoms with Crippen molar-refractivity contribution in [3.63, 3.8) is 0 Å². The predicted octanol–water partition coefficient (Wildman–Crippen LogP) is 3.28. The smallest absolute Gasteiger partial charge is 0.000865 e. The summed E-state index contributed by atoms with van der Waals surface area (Å²) in [7, 11) is 0. The second kappa shape index (κ2) is 8.10. The van der Waals surface area contributed by atoms with E-state index in [9.17, 15) is 0 Å². The van der Waals surface area contributed by atoms with Crippen LogP contribution < -0.4 is 5.32 Å². The molecule has 1 heterocycles. The van der Waals surface area contributed by atoms with Gasteiger partial charge >= 0.3 is 0 Å². The maximum atomic E-state index is 3.58. The molecule has 0 unspecified atom stereocenters. The lowest BCUT2D eigenvalue weighted by Gasteiger charge is -2.42. The highest BCUT2D eigenvalue weighted by Crippen LogP contribution is 2.35. The average molecular weight is 240 g/mol. The van der Waals surface area contributed by atoms with Crippen LogP contribution >= 0.6 is 0 Å². The largest absolute Gasteiger partial charge is 0.316 e. The number of hydrogen-bond donors (Lipinski definition) is 1. The SMILES string of the molecule is CCCCN1CCC(CCC)(CNCC)CC1. The third-order valence-electron chi connectivity index (χ3n) is 4.27. The van der Waals surface area contributed by atoms with E-state index in [0.29, 0.717) is 5.41 Å². The Bertz CT molecular complexity index is 183. The van der Waals surface area contributed by atoms with Crippen molar-refractivity contribution in [2.24, 2.45) is 5.41 Å². The molecule has 1 saturated heterocycles. The first-order valence-electron chi connectivity index (χ1n) is 7.69. The molecular formula is C15H32N2. The summed E-state index contributed by atoms with van der Waals surface area (Å²) in [4.78, 5) is 2.67. The summed E-state index contributed by atoms with van der Waals surface area (Å²) in [5.41, 5.74) is 0.605. The van der Waals surface area contributed by atoms with E-state index in [4.69, 9.17) is 0 Å². The lowest BCUT2D eigenvalue weighted by Crippen LogP contribution is -2.45. The van der Waals surface area contributed by atoms with E-state index < -0.39 is 0 Å². The maximum Gasteiger partial charge on any atom is 0.000865 e. The molecule has 1 N–H and O–H groups in total. The molecule has 0 atom stereocenters. The number of rotatable bonds is 8. The molecule has 1 aliphatic heterocycles. The Hall–Kier alpha value is -0.0800. The fraction of sp³-hybridized carbons (Fsp3) is 1.00. The van der Waals surface area contributed by atoms with Gasteiger partial charge in [-0.2, -0.15) is 0 Å². The number of piperidine rings is 1. The summed E-state index contributed by atoms with van der Waals surface area (Å²) in [6.07, 6.45) is 8.24. The van der Waals surface area contributed by atoms with Gasteiger partial charge in [-0.3, -0.25) is 0 Å². The van der Waals surface area contributed by atoms with Crippen molar-refractivity contribution in [2.45, 2.75) is 59.3 Å². The molecule has 17 heavy (non-hydrogen) atoms. The van der Waals surface area contributed by atoms with Crippen LogP contribution in [-0.2, 0) is 0 Å². The summed E-state index contributed by atoms with van der Waals surface area (Å²) in [5.74, 6) is 0. The zero-order valence-corrected chi connectivity index (χ0v) is 12.2. The van der Waals surface area contributed by atoms with Crippen molar-refractivity contribution in [1.29, 1.82) is 0 Å². The Morgan fingerprint density at radius 2 is 1.76 bits per heavy atom. The summed E-state index contributed by atoms with van der Waals surface area (Å²) in [6, 6.07) is 0. The molecule has 0 aromatic heterocycles. The Labute approximate surface area is 108 Å². The highest BCUT2D eigenvalue weighted by atomic mass is 15.1. The van der Waals surface area contributed by atoms with E-state index in [1.54, 1.807) is 0 Å². The minimum Gasteiger partial charge on any atom is -0.316 e. The number of likely N-dealkylation sites (tertiary alicyclic amines) is 1. The molecule has 102 valence electrons. The molecule has 2 nitrogen and oxygen atoms in total. The van der Waals surface area contributed by atoms with E-state index in [1.165, 1.54) is 64.7 Å². The molecule has 1 rings (SSSR count). The summed E-state index contributed by atoms with van der Waals surface area (Å²) in [6.45, 7) is 13.2. The molecule has 0 bridgehead atoms. The van der Waals surface area contributed by atoms with Crippen LogP contribution in [0.3, 0.4) is 0 Å². The summed E-state index contributed by atoms with van der Waals surface area (Å²) in [5, 5.41) is 3.58. The van der Waals surface area contributed by atoms with Crippen molar-refractivity contribution in [1.82, 2.24) is 10.2 Å². The fourth-order valence-corrected chi connectivity index (χ4v) is 3.07. The number of unbranched alkanes of at least 4 members (excludes halogenated alkanes) is 1. The Balaban J connectivity index is 2.37. The third kappa shape index (κ3) is 4.97. The first kappa shape index (κ1) is 15.0. The van der Waals surface area contributed by atoms with Crippen LogP contribution in [-0.4, -0.2) is 37.6 Å². The topological polar surface area (TPSA) is 15.3 Å². The molecule has 0 amide bonds. The number of nitrogens with one attached hydrogen (secondary N) is 1. The Kier molecular flexibility index (Phi) is 7.14. The molecule has 0 aromatic carbocycles. The van der Waals surface area contributed by atoms with Crippen molar-refractivity contribution in [2.75, 3.05) is 32.7 Å². The van der Waals surface area contributed by atoms with Gasteiger partial charge in [-0.25, -0.2) is 0 Å². The van der Waals surface area contributed by atoms with Gasteiger partial charge in [-0.05, 0) is 57.3 Å². The minimum absolute atomic E-state index is 0.605. The second-order valence-electron chi connectivity index (χ2n) is 5.73. The van der Waals surface area contributed by atoms with Crippen LogP contribution in [0.25, 0.3) is 0 Å². The minimum atomic E-state index is 0.605. The second-order valence-corrected chi connectivity index (χ2v) is 5.73. The first-order chi connectivity index (χ1) is 8.26. The number of hydrogen-bond acceptors (Lipinski definition) is 2. The number of nitrogens with zero attached hydrogens (tertiary/aromatic N) is 1. The Morgan fingerprint density at radius 1 is 1.06 bits per heavy atom. The van der Waals surface area contributed by atoms with Gasteiger partial charge in [0, 0.05) is 6.54 Å². The molecule has 0 aliphatic carbocycles. The Morgan fingerprint density at radius 3 is 2.29 bits per heavy atom. The van der Waals surface area contributed by atoms with Gasteiger partial charge in [-0.1, -0.05) is 33.6 Å². The van der Waals surface area contributed by atoms with Crippen molar-refractivity contribution >= 4 is 0 Å². The van der Waals surface area contributed by atoms with Gasteiger partial charge in [0.2, 0.25) is 0 Å². The molecule has 0 radical (unpaired) electrons. The molecule has 1 fully saturated rings. The molecular weight excluding hydrogens is 208 g/mol. The highest BCUT2D eigenvalue weighted by molar-refractivity contribution is 4.87. The zero-order chi connectivity index (χ0) is 12.6. The maximum absolute atomic E-state index is 3.58. The van der Waals surface area contributed by atoms with E-state index in [0.717, 1.165) is 6.54 Å². The van der Waals surface area contributed by atoms with Crippen LogP contribution in [0.15, 0.2) is 0 Å². The van der Waals surface area contributed by atoms with Crippen molar-refractivity contribution in [3.8, 4) is 0 Å². The van der Waals surface area contributed by atoms with Gasteiger partial charge < -0.3 is 10.2 Å². The van der Waals surface area contributed by atoms with Gasteiger partial charge in [0.25, 0.3) is 0 Å². The van der Waals surface area contributed by atoms with Crippen LogP contribution in [0.2, 0.25) is 0 Å². The van der Waals surface area contributed by atoms with E-state index in [1.807, 2.05) is 0 Å². The van der Waals surface area contributed by atoms with Gasteiger partial charge in [0.1, 0.15) is 0 Å². The monoisotopic (exact) mass is 240 g/mol. The average Bonchev–Trinajstić information content (AvgIpc) is 2.36. The predicted molar refractivity (Wildman–Crippen MR) is 76.5 cm³/mol. The zero-order valence-electron chi connectivity index (χ0n) is 12.2. The van der Waals surface area contributed by atoms with Gasteiger partial charge in [0.15, 0.2) is 0 Å². The normalized spacial score (nSPS) is 20.6. The van der Waals surface area contributed by atoms with Crippen molar-refractivity contribution < 1.29 is 0 Å². The summed E-state index contributed by atoms with van der Waals surface area (Å²) >= 11 is 0. The third-order valence-corrected chi connectivity index (χ3v) is 4.27. The molecule has 0 aromatic rings. The highest BCUT2D eigenvalue weighted by Gasteiger charge is 2.32. The van der Waals surface area contributed by atoms with Crippen LogP contribution in [0, 0.1) is 5.41 Å². The lowest BCUT2D eigenvalue weighted by molar-refractivity contribution is 0.0925. The van der Waals surface area contributed by atoms with E-state index >= 15 is 0 Å². The van der Waals surface area contributed by atoms with Gasteiger partial charge in [-0.15, -0.1) is 0 Å². The van der Waals surface area contributed by atoms with Crippen LogP contribution in [0.1, 0.15) is 59.3 Å². The molecule has 2 heteroatoms. The van der Waals surface area contributed by atoms with Gasteiger partial charge in [0.05, 0.1) is 0 Å².